The number of benzene rings is 1. The molecule has 2 aromatic rings. The van der Waals surface area contributed by atoms with E-state index in [1.807, 2.05) is 13.0 Å². The smallest absolute Gasteiger partial charge is 0.274 e. The third-order valence-electron chi connectivity index (χ3n) is 3.28. The molecule has 6 nitrogen and oxygen atoms in total. The lowest BCUT2D eigenvalue weighted by Crippen LogP contribution is -2.25. The van der Waals surface area contributed by atoms with Gasteiger partial charge in [-0.05, 0) is 19.8 Å². The number of nitro benzene ring substituents is 1. The van der Waals surface area contributed by atoms with Crippen LogP contribution in [0.25, 0.3) is 0 Å². The molecular weight excluding hydrogens is 276 g/mol. The predicted octanol–water partition coefficient (Wildman–Crippen LogP) is 2.92. The molecule has 0 amide bonds. The van der Waals surface area contributed by atoms with Crippen molar-refractivity contribution in [2.75, 3.05) is 4.90 Å². The van der Waals surface area contributed by atoms with Crippen molar-refractivity contribution >= 4 is 22.4 Å². The summed E-state index contributed by atoms with van der Waals surface area (Å²) < 4.78 is 4.20. The van der Waals surface area contributed by atoms with Gasteiger partial charge in [0.25, 0.3) is 5.69 Å². The van der Waals surface area contributed by atoms with Crippen LogP contribution in [0.15, 0.2) is 24.3 Å². The molecule has 0 radical (unpaired) electrons. The standard InChI is InChI=1S/C13H14N4O2S/c1-9-14-13(20-15-9)16(11-6-7-11)8-10-4-2-3-5-12(10)17(18)19/h2-5,11H,6-8H2,1H3. The molecule has 1 fully saturated rings. The van der Waals surface area contributed by atoms with Crippen molar-refractivity contribution in [3.63, 3.8) is 0 Å². The largest absolute Gasteiger partial charge is 0.339 e. The van der Waals surface area contributed by atoms with Crippen molar-refractivity contribution < 1.29 is 4.92 Å². The van der Waals surface area contributed by atoms with Crippen LogP contribution in [0.4, 0.5) is 10.8 Å². The fourth-order valence-electron chi connectivity index (χ4n) is 2.15. The van der Waals surface area contributed by atoms with E-state index in [2.05, 4.69) is 14.3 Å². The lowest BCUT2D eigenvalue weighted by atomic mass is 10.1. The summed E-state index contributed by atoms with van der Waals surface area (Å²) in [5.74, 6) is 0.748. The number of nitrogens with zero attached hydrogens (tertiary/aromatic N) is 4. The van der Waals surface area contributed by atoms with E-state index in [-0.39, 0.29) is 10.6 Å². The summed E-state index contributed by atoms with van der Waals surface area (Å²) >= 11 is 1.35. The second-order valence-electron chi connectivity index (χ2n) is 4.87. The van der Waals surface area contributed by atoms with Crippen molar-refractivity contribution in [3.8, 4) is 0 Å². The highest BCUT2D eigenvalue weighted by Gasteiger charge is 2.32. The number of aryl methyl sites for hydroxylation is 1. The molecule has 104 valence electrons. The number of nitro groups is 1. The molecule has 0 spiro atoms. The maximum atomic E-state index is 11.1. The molecule has 1 heterocycles. The van der Waals surface area contributed by atoms with Gasteiger partial charge >= 0.3 is 0 Å². The van der Waals surface area contributed by atoms with E-state index in [0.717, 1.165) is 29.4 Å². The Kier molecular flexibility index (Phi) is 3.35. The first kappa shape index (κ1) is 13.0. The van der Waals surface area contributed by atoms with Crippen LogP contribution in [0.3, 0.4) is 0 Å². The van der Waals surface area contributed by atoms with Crippen molar-refractivity contribution in [2.45, 2.75) is 32.4 Å². The van der Waals surface area contributed by atoms with Gasteiger partial charge in [0.05, 0.1) is 11.5 Å². The Hall–Kier alpha value is -2.02. The Morgan fingerprint density at radius 1 is 1.45 bits per heavy atom. The number of aromatic nitrogens is 2. The number of rotatable bonds is 5. The van der Waals surface area contributed by atoms with E-state index in [1.165, 1.54) is 11.5 Å². The fourth-order valence-corrected chi connectivity index (χ4v) is 2.89. The van der Waals surface area contributed by atoms with Crippen LogP contribution in [0.2, 0.25) is 0 Å². The number of anilines is 1. The SMILES string of the molecule is Cc1nsc(N(Cc2ccccc2[N+](=O)[O-])C2CC2)n1. The van der Waals surface area contributed by atoms with E-state index < -0.39 is 0 Å². The topological polar surface area (TPSA) is 72.2 Å². The van der Waals surface area contributed by atoms with Gasteiger partial charge in [0.1, 0.15) is 5.82 Å². The van der Waals surface area contributed by atoms with Gasteiger partial charge in [-0.15, -0.1) is 0 Å². The van der Waals surface area contributed by atoms with Crippen LogP contribution in [0, 0.1) is 17.0 Å². The molecule has 1 aliphatic carbocycles. The van der Waals surface area contributed by atoms with Gasteiger partial charge in [-0.1, -0.05) is 18.2 Å². The summed E-state index contributed by atoms with van der Waals surface area (Å²) in [7, 11) is 0. The monoisotopic (exact) mass is 290 g/mol. The van der Waals surface area contributed by atoms with Crippen LogP contribution in [0.1, 0.15) is 24.2 Å². The first-order valence-corrected chi connectivity index (χ1v) is 7.22. The van der Waals surface area contributed by atoms with Gasteiger partial charge < -0.3 is 4.90 Å². The molecule has 0 bridgehead atoms. The number of hydrogen-bond donors (Lipinski definition) is 0. The van der Waals surface area contributed by atoms with Crippen LogP contribution in [-0.2, 0) is 6.54 Å². The quantitative estimate of drug-likeness (QED) is 0.625. The highest BCUT2D eigenvalue weighted by molar-refractivity contribution is 7.09. The lowest BCUT2D eigenvalue weighted by Gasteiger charge is -2.20. The van der Waals surface area contributed by atoms with E-state index in [0.29, 0.717) is 12.6 Å². The van der Waals surface area contributed by atoms with Gasteiger partial charge in [-0.25, -0.2) is 4.98 Å². The normalized spacial score (nSPS) is 14.2. The molecule has 1 aliphatic rings. The summed E-state index contributed by atoms with van der Waals surface area (Å²) in [6.45, 7) is 2.37. The Morgan fingerprint density at radius 3 is 2.80 bits per heavy atom. The van der Waals surface area contributed by atoms with Gasteiger partial charge in [0.15, 0.2) is 0 Å². The Morgan fingerprint density at radius 2 is 2.20 bits per heavy atom. The number of para-hydroxylation sites is 1. The Bertz CT molecular complexity index is 639. The molecular formula is C13H14N4O2S. The number of hydrogen-bond acceptors (Lipinski definition) is 6. The van der Waals surface area contributed by atoms with Gasteiger partial charge in [-0.2, -0.15) is 4.37 Å². The first-order valence-electron chi connectivity index (χ1n) is 6.44. The van der Waals surface area contributed by atoms with Crippen molar-refractivity contribution in [1.29, 1.82) is 0 Å². The molecule has 20 heavy (non-hydrogen) atoms. The molecule has 7 heteroatoms. The summed E-state index contributed by atoms with van der Waals surface area (Å²) in [4.78, 5) is 17.3. The predicted molar refractivity (Wildman–Crippen MR) is 76.9 cm³/mol. The van der Waals surface area contributed by atoms with Crippen molar-refractivity contribution in [1.82, 2.24) is 9.36 Å². The molecule has 0 aliphatic heterocycles. The molecule has 1 saturated carbocycles. The van der Waals surface area contributed by atoms with Crippen LogP contribution >= 0.6 is 11.5 Å². The van der Waals surface area contributed by atoms with Gasteiger partial charge in [0.2, 0.25) is 5.13 Å². The summed E-state index contributed by atoms with van der Waals surface area (Å²) in [5.41, 5.74) is 0.886. The Balaban J connectivity index is 1.89. The zero-order valence-corrected chi connectivity index (χ0v) is 11.8. The summed E-state index contributed by atoms with van der Waals surface area (Å²) in [5, 5.41) is 11.9. The molecule has 1 aromatic heterocycles. The minimum atomic E-state index is -0.328. The van der Waals surface area contributed by atoms with E-state index in [1.54, 1.807) is 18.2 Å². The average molecular weight is 290 g/mol. The van der Waals surface area contributed by atoms with Crippen LogP contribution in [0.5, 0.6) is 0 Å². The second kappa shape index (κ2) is 5.16. The van der Waals surface area contributed by atoms with Crippen molar-refractivity contribution in [2.24, 2.45) is 0 Å². The lowest BCUT2D eigenvalue weighted by molar-refractivity contribution is -0.385. The molecule has 3 rings (SSSR count). The Labute approximate surface area is 120 Å². The van der Waals surface area contributed by atoms with E-state index >= 15 is 0 Å². The highest BCUT2D eigenvalue weighted by atomic mass is 32.1. The maximum Gasteiger partial charge on any atom is 0.274 e. The second-order valence-corrected chi connectivity index (χ2v) is 5.60. The molecule has 0 saturated heterocycles. The zero-order valence-electron chi connectivity index (χ0n) is 11.0. The minimum Gasteiger partial charge on any atom is -0.339 e. The third-order valence-corrected chi connectivity index (χ3v) is 4.12. The highest BCUT2D eigenvalue weighted by Crippen LogP contribution is 2.35. The summed E-state index contributed by atoms with van der Waals surface area (Å²) in [6.07, 6.45) is 2.22. The molecule has 0 atom stereocenters. The molecule has 0 N–H and O–H groups in total. The van der Waals surface area contributed by atoms with E-state index in [4.69, 9.17) is 0 Å². The zero-order chi connectivity index (χ0) is 14.1. The molecule has 0 unspecified atom stereocenters. The summed E-state index contributed by atoms with van der Waals surface area (Å²) in [6, 6.07) is 7.31. The minimum absolute atomic E-state index is 0.166. The van der Waals surface area contributed by atoms with Gasteiger partial charge in [0, 0.05) is 29.2 Å². The van der Waals surface area contributed by atoms with Gasteiger partial charge in [-0.3, -0.25) is 10.1 Å². The van der Waals surface area contributed by atoms with Crippen LogP contribution in [-0.4, -0.2) is 20.3 Å². The first-order chi connectivity index (χ1) is 9.65. The van der Waals surface area contributed by atoms with E-state index in [9.17, 15) is 10.1 Å². The fraction of sp³-hybridized carbons (Fsp3) is 0.385. The van der Waals surface area contributed by atoms with Crippen LogP contribution < -0.4 is 4.90 Å². The van der Waals surface area contributed by atoms with Crippen molar-refractivity contribution in [3.05, 3.63) is 45.8 Å². The maximum absolute atomic E-state index is 11.1. The molecule has 1 aromatic carbocycles. The third kappa shape index (κ3) is 2.62. The average Bonchev–Trinajstić information content (AvgIpc) is 3.18.